The molecule has 0 atom stereocenters. The van der Waals surface area contributed by atoms with Crippen molar-refractivity contribution in [2.75, 3.05) is 13.2 Å². The van der Waals surface area contributed by atoms with Gasteiger partial charge in [-0.15, -0.1) is 0 Å². The van der Waals surface area contributed by atoms with Crippen molar-refractivity contribution in [3.63, 3.8) is 0 Å². The molecule has 0 unspecified atom stereocenters. The highest BCUT2D eigenvalue weighted by atomic mass is 35.5. The molecule has 1 heterocycles. The third kappa shape index (κ3) is 2.72. The van der Waals surface area contributed by atoms with E-state index in [1.807, 2.05) is 18.2 Å². The van der Waals surface area contributed by atoms with Gasteiger partial charge >= 0.3 is 0 Å². The molecule has 0 spiro atoms. The van der Waals surface area contributed by atoms with E-state index in [2.05, 4.69) is 5.32 Å². The number of benzene rings is 1. The number of rotatable bonds is 4. The maximum atomic E-state index is 11.6. The maximum absolute atomic E-state index is 11.6. The van der Waals surface area contributed by atoms with Crippen molar-refractivity contribution in [2.24, 2.45) is 0 Å². The van der Waals surface area contributed by atoms with E-state index in [0.29, 0.717) is 10.8 Å². The van der Waals surface area contributed by atoms with Gasteiger partial charge in [-0.05, 0) is 24.3 Å². The van der Waals surface area contributed by atoms with Crippen LogP contribution in [0.25, 0.3) is 11.3 Å². The van der Waals surface area contributed by atoms with Crippen molar-refractivity contribution >= 4 is 17.5 Å². The molecule has 0 aliphatic rings. The fraction of sp³-hybridized carbons (Fsp3) is 0.154. The molecule has 0 saturated carbocycles. The van der Waals surface area contributed by atoms with Crippen molar-refractivity contribution in [1.82, 2.24) is 5.32 Å². The Balaban J connectivity index is 2.21. The molecule has 1 aromatic carbocycles. The van der Waals surface area contributed by atoms with Crippen LogP contribution in [0.3, 0.4) is 0 Å². The van der Waals surface area contributed by atoms with Gasteiger partial charge in [0.15, 0.2) is 5.76 Å². The van der Waals surface area contributed by atoms with Gasteiger partial charge < -0.3 is 14.8 Å². The Labute approximate surface area is 109 Å². The fourth-order valence-corrected chi connectivity index (χ4v) is 1.75. The van der Waals surface area contributed by atoms with Crippen molar-refractivity contribution in [3.05, 3.63) is 47.2 Å². The highest BCUT2D eigenvalue weighted by Gasteiger charge is 2.12. The molecule has 0 saturated heterocycles. The van der Waals surface area contributed by atoms with Gasteiger partial charge in [0.2, 0.25) is 0 Å². The molecular weight excluding hydrogens is 254 g/mol. The van der Waals surface area contributed by atoms with E-state index >= 15 is 0 Å². The van der Waals surface area contributed by atoms with Gasteiger partial charge in [0.25, 0.3) is 5.91 Å². The SMILES string of the molecule is O=C(NCCO)c1ccc(-c2ccccc2Cl)o1. The van der Waals surface area contributed by atoms with E-state index in [9.17, 15) is 4.79 Å². The molecule has 1 amide bonds. The highest BCUT2D eigenvalue weighted by molar-refractivity contribution is 6.33. The van der Waals surface area contributed by atoms with Crippen LogP contribution in [-0.2, 0) is 0 Å². The van der Waals surface area contributed by atoms with Crippen LogP contribution in [-0.4, -0.2) is 24.2 Å². The molecule has 94 valence electrons. The third-order valence-corrected chi connectivity index (χ3v) is 2.70. The van der Waals surface area contributed by atoms with Crippen molar-refractivity contribution in [3.8, 4) is 11.3 Å². The lowest BCUT2D eigenvalue weighted by Crippen LogP contribution is -2.25. The summed E-state index contributed by atoms with van der Waals surface area (Å²) in [6.45, 7) is 0.0881. The van der Waals surface area contributed by atoms with Crippen LogP contribution in [0.1, 0.15) is 10.6 Å². The Bertz CT molecular complexity index is 551. The molecule has 0 fully saturated rings. The lowest BCUT2D eigenvalue weighted by molar-refractivity contribution is 0.0918. The minimum absolute atomic E-state index is 0.107. The number of halogens is 1. The molecule has 2 N–H and O–H groups in total. The molecular formula is C13H12ClNO3. The number of hydrogen-bond acceptors (Lipinski definition) is 3. The van der Waals surface area contributed by atoms with E-state index in [4.69, 9.17) is 21.1 Å². The average Bonchev–Trinajstić information content (AvgIpc) is 2.86. The maximum Gasteiger partial charge on any atom is 0.287 e. The lowest BCUT2D eigenvalue weighted by atomic mass is 10.2. The average molecular weight is 266 g/mol. The van der Waals surface area contributed by atoms with Gasteiger partial charge in [-0.2, -0.15) is 0 Å². The number of aliphatic hydroxyl groups excluding tert-OH is 1. The molecule has 0 radical (unpaired) electrons. The Kier molecular flexibility index (Phi) is 4.02. The largest absolute Gasteiger partial charge is 0.451 e. The zero-order valence-electron chi connectivity index (χ0n) is 9.52. The van der Waals surface area contributed by atoms with Gasteiger partial charge in [0, 0.05) is 12.1 Å². The van der Waals surface area contributed by atoms with E-state index in [1.54, 1.807) is 18.2 Å². The van der Waals surface area contributed by atoms with E-state index in [1.165, 1.54) is 0 Å². The molecule has 1 aromatic heterocycles. The first-order chi connectivity index (χ1) is 8.72. The zero-order chi connectivity index (χ0) is 13.0. The lowest BCUT2D eigenvalue weighted by Gasteiger charge is -2.01. The van der Waals surface area contributed by atoms with E-state index in [-0.39, 0.29) is 24.8 Å². The molecule has 0 bridgehead atoms. The van der Waals surface area contributed by atoms with Crippen LogP contribution in [0.4, 0.5) is 0 Å². The van der Waals surface area contributed by atoms with Crippen LogP contribution in [0.2, 0.25) is 5.02 Å². The number of carbonyl (C=O) groups excluding carboxylic acids is 1. The van der Waals surface area contributed by atoms with E-state index in [0.717, 1.165) is 5.56 Å². The Morgan fingerprint density at radius 3 is 2.78 bits per heavy atom. The van der Waals surface area contributed by atoms with Crippen LogP contribution in [0, 0.1) is 0 Å². The summed E-state index contributed by atoms with van der Waals surface area (Å²) in [5.74, 6) is 0.371. The van der Waals surface area contributed by atoms with Gasteiger partial charge in [-0.1, -0.05) is 23.7 Å². The Morgan fingerprint density at radius 2 is 2.06 bits per heavy atom. The van der Waals surface area contributed by atoms with Crippen LogP contribution < -0.4 is 5.32 Å². The van der Waals surface area contributed by atoms with E-state index < -0.39 is 0 Å². The van der Waals surface area contributed by atoms with Crippen LogP contribution >= 0.6 is 11.6 Å². The van der Waals surface area contributed by atoms with Crippen molar-refractivity contribution in [1.29, 1.82) is 0 Å². The van der Waals surface area contributed by atoms with Crippen molar-refractivity contribution in [2.45, 2.75) is 0 Å². The predicted octanol–water partition coefficient (Wildman–Crippen LogP) is 2.32. The summed E-state index contributed by atoms with van der Waals surface area (Å²) in [5, 5.41) is 11.7. The summed E-state index contributed by atoms with van der Waals surface area (Å²) in [4.78, 5) is 11.6. The Morgan fingerprint density at radius 1 is 1.28 bits per heavy atom. The summed E-state index contributed by atoms with van der Waals surface area (Å²) >= 11 is 6.04. The normalized spacial score (nSPS) is 10.3. The van der Waals surface area contributed by atoms with Crippen LogP contribution in [0.5, 0.6) is 0 Å². The molecule has 4 nitrogen and oxygen atoms in total. The second-order valence-electron chi connectivity index (χ2n) is 3.62. The zero-order valence-corrected chi connectivity index (χ0v) is 10.3. The predicted molar refractivity (Wildman–Crippen MR) is 68.6 cm³/mol. The summed E-state index contributed by atoms with van der Waals surface area (Å²) in [7, 11) is 0. The monoisotopic (exact) mass is 265 g/mol. The van der Waals surface area contributed by atoms with Crippen LogP contribution in [0.15, 0.2) is 40.8 Å². The molecule has 2 rings (SSSR count). The van der Waals surface area contributed by atoms with Gasteiger partial charge in [0.05, 0.1) is 11.6 Å². The molecule has 5 heteroatoms. The first-order valence-electron chi connectivity index (χ1n) is 5.46. The van der Waals surface area contributed by atoms with Gasteiger partial charge in [-0.25, -0.2) is 0 Å². The number of hydrogen-bond donors (Lipinski definition) is 2. The Hall–Kier alpha value is -1.78. The number of furan rings is 1. The molecule has 18 heavy (non-hydrogen) atoms. The minimum Gasteiger partial charge on any atom is -0.451 e. The number of aliphatic hydroxyl groups is 1. The molecule has 2 aromatic rings. The quantitative estimate of drug-likeness (QED) is 0.892. The second kappa shape index (κ2) is 5.71. The highest BCUT2D eigenvalue weighted by Crippen LogP contribution is 2.28. The number of carbonyl (C=O) groups is 1. The first-order valence-corrected chi connectivity index (χ1v) is 5.84. The number of amides is 1. The number of nitrogens with one attached hydrogen (secondary N) is 1. The fourth-order valence-electron chi connectivity index (χ4n) is 1.52. The third-order valence-electron chi connectivity index (χ3n) is 2.37. The first kappa shape index (κ1) is 12.7. The van der Waals surface area contributed by atoms with Gasteiger partial charge in [0.1, 0.15) is 5.76 Å². The summed E-state index contributed by atoms with van der Waals surface area (Å²) in [5.41, 5.74) is 0.736. The topological polar surface area (TPSA) is 62.5 Å². The smallest absolute Gasteiger partial charge is 0.287 e. The molecule has 0 aliphatic carbocycles. The van der Waals surface area contributed by atoms with Crippen molar-refractivity contribution < 1.29 is 14.3 Å². The summed E-state index contributed by atoms with van der Waals surface area (Å²) in [6.07, 6.45) is 0. The second-order valence-corrected chi connectivity index (χ2v) is 4.03. The summed E-state index contributed by atoms with van der Waals surface area (Å²) < 4.78 is 5.43. The summed E-state index contributed by atoms with van der Waals surface area (Å²) in [6, 6.07) is 10.5. The standard InChI is InChI=1S/C13H12ClNO3/c14-10-4-2-1-3-9(10)11-5-6-12(18-11)13(17)15-7-8-16/h1-6,16H,7-8H2,(H,15,17). The minimum atomic E-state index is -0.359. The molecule has 0 aliphatic heterocycles. The van der Waals surface area contributed by atoms with Gasteiger partial charge in [-0.3, -0.25) is 4.79 Å².